The van der Waals surface area contributed by atoms with Crippen LogP contribution < -0.4 is 16.4 Å². The SMILES string of the molecule is N=c1c(C(=O)NCc2ccc(F)cc2)cc2c(=O)n3ccccc3nc2n1CCc1ccccc1. The molecule has 0 atom stereocenters. The molecule has 0 spiro atoms. The Hall–Kier alpha value is -4.59. The number of carbonyl (C=O) groups is 1. The summed E-state index contributed by atoms with van der Waals surface area (Å²) in [5.41, 5.74) is 2.34. The fourth-order valence-electron chi connectivity index (χ4n) is 4.04. The number of amides is 1. The smallest absolute Gasteiger partial charge is 0.267 e. The van der Waals surface area contributed by atoms with Crippen molar-refractivity contribution in [2.75, 3.05) is 0 Å². The molecule has 0 fully saturated rings. The van der Waals surface area contributed by atoms with E-state index in [9.17, 15) is 14.0 Å². The molecule has 2 aromatic carbocycles. The lowest BCUT2D eigenvalue weighted by Gasteiger charge is -2.15. The fraction of sp³-hybridized carbons (Fsp3) is 0.111. The van der Waals surface area contributed by atoms with Gasteiger partial charge in [0.25, 0.3) is 11.5 Å². The van der Waals surface area contributed by atoms with Gasteiger partial charge in [-0.25, -0.2) is 9.37 Å². The predicted octanol–water partition coefficient (Wildman–Crippen LogP) is 3.44. The van der Waals surface area contributed by atoms with Gasteiger partial charge in [-0.1, -0.05) is 48.5 Å². The number of benzene rings is 2. The summed E-state index contributed by atoms with van der Waals surface area (Å²) in [4.78, 5) is 31.0. The van der Waals surface area contributed by atoms with E-state index in [1.54, 1.807) is 41.1 Å². The predicted molar refractivity (Wildman–Crippen MR) is 131 cm³/mol. The highest BCUT2D eigenvalue weighted by atomic mass is 19.1. The molecule has 5 aromatic rings. The second kappa shape index (κ2) is 9.34. The van der Waals surface area contributed by atoms with E-state index in [1.807, 2.05) is 30.3 Å². The molecule has 2 N–H and O–H groups in total. The highest BCUT2D eigenvalue weighted by molar-refractivity contribution is 5.96. The topological polar surface area (TPSA) is 92.2 Å². The first-order chi connectivity index (χ1) is 17.0. The van der Waals surface area contributed by atoms with Crippen molar-refractivity contribution >= 4 is 22.6 Å². The molecule has 0 saturated heterocycles. The van der Waals surface area contributed by atoms with Crippen molar-refractivity contribution in [1.29, 1.82) is 5.41 Å². The van der Waals surface area contributed by atoms with Gasteiger partial charge in [0.05, 0.1) is 10.9 Å². The van der Waals surface area contributed by atoms with Gasteiger partial charge < -0.3 is 9.88 Å². The molecule has 3 heterocycles. The molecular weight excluding hydrogens is 445 g/mol. The van der Waals surface area contributed by atoms with Crippen LogP contribution in [0.5, 0.6) is 0 Å². The average Bonchev–Trinajstić information content (AvgIpc) is 2.88. The Labute approximate surface area is 199 Å². The van der Waals surface area contributed by atoms with E-state index >= 15 is 0 Å². The van der Waals surface area contributed by atoms with Crippen molar-refractivity contribution in [2.45, 2.75) is 19.5 Å². The van der Waals surface area contributed by atoms with Crippen LogP contribution in [0.15, 0.2) is 89.9 Å². The molecule has 0 bridgehead atoms. The summed E-state index contributed by atoms with van der Waals surface area (Å²) in [6, 6.07) is 22.3. The maximum Gasteiger partial charge on any atom is 0.267 e. The molecule has 5 rings (SSSR count). The lowest BCUT2D eigenvalue weighted by molar-refractivity contribution is 0.0948. The van der Waals surface area contributed by atoms with Crippen LogP contribution in [0, 0.1) is 11.2 Å². The number of nitrogens with one attached hydrogen (secondary N) is 2. The van der Waals surface area contributed by atoms with Gasteiger partial charge in [-0.3, -0.25) is 19.4 Å². The van der Waals surface area contributed by atoms with Crippen molar-refractivity contribution in [3.05, 3.63) is 123 Å². The second-order valence-electron chi connectivity index (χ2n) is 8.19. The Bertz CT molecular complexity index is 1660. The summed E-state index contributed by atoms with van der Waals surface area (Å²) in [5.74, 6) is -0.852. The van der Waals surface area contributed by atoms with Gasteiger partial charge in [0.15, 0.2) is 0 Å². The normalized spacial score (nSPS) is 11.1. The molecule has 3 aromatic heterocycles. The first-order valence-electron chi connectivity index (χ1n) is 11.2. The number of rotatable bonds is 6. The molecule has 35 heavy (non-hydrogen) atoms. The summed E-state index contributed by atoms with van der Waals surface area (Å²) in [5, 5.41) is 11.8. The molecule has 0 radical (unpaired) electrons. The Morgan fingerprint density at radius 2 is 1.71 bits per heavy atom. The molecule has 0 aliphatic carbocycles. The molecular formula is C27H22FN5O2. The lowest BCUT2D eigenvalue weighted by atomic mass is 10.1. The van der Waals surface area contributed by atoms with Crippen molar-refractivity contribution in [1.82, 2.24) is 19.3 Å². The zero-order valence-electron chi connectivity index (χ0n) is 18.7. The third-order valence-electron chi connectivity index (χ3n) is 5.90. The van der Waals surface area contributed by atoms with E-state index in [2.05, 4.69) is 10.3 Å². The van der Waals surface area contributed by atoms with E-state index in [0.717, 1.165) is 11.1 Å². The van der Waals surface area contributed by atoms with Crippen molar-refractivity contribution in [3.8, 4) is 0 Å². The van der Waals surface area contributed by atoms with Crippen LogP contribution in [-0.4, -0.2) is 19.9 Å². The standard InChI is InChI=1S/C27H22FN5O2/c28-20-11-9-19(10-12-20)17-30-26(34)21-16-22-25(31-23-8-4-5-14-32(23)27(22)35)33(24(21)29)15-13-18-6-2-1-3-7-18/h1-12,14,16,29H,13,15,17H2,(H,30,34). The summed E-state index contributed by atoms with van der Waals surface area (Å²) in [6.45, 7) is 0.531. The van der Waals surface area contributed by atoms with E-state index in [0.29, 0.717) is 24.3 Å². The quantitative estimate of drug-likeness (QED) is 0.375. The van der Waals surface area contributed by atoms with Crippen LogP contribution in [0.25, 0.3) is 16.7 Å². The third-order valence-corrected chi connectivity index (χ3v) is 5.90. The van der Waals surface area contributed by atoms with Gasteiger partial charge in [0, 0.05) is 19.3 Å². The van der Waals surface area contributed by atoms with Gasteiger partial charge in [-0.05, 0) is 47.9 Å². The van der Waals surface area contributed by atoms with Crippen LogP contribution in [-0.2, 0) is 19.5 Å². The van der Waals surface area contributed by atoms with Gasteiger partial charge in [0.1, 0.15) is 22.6 Å². The fourth-order valence-corrected chi connectivity index (χ4v) is 4.04. The van der Waals surface area contributed by atoms with E-state index < -0.39 is 5.91 Å². The molecule has 1 amide bonds. The maximum absolute atomic E-state index is 13.3. The van der Waals surface area contributed by atoms with Crippen LogP contribution >= 0.6 is 0 Å². The van der Waals surface area contributed by atoms with E-state index in [-0.39, 0.29) is 34.4 Å². The summed E-state index contributed by atoms with van der Waals surface area (Å²) in [7, 11) is 0. The zero-order chi connectivity index (χ0) is 24.4. The second-order valence-corrected chi connectivity index (χ2v) is 8.19. The highest BCUT2D eigenvalue weighted by Crippen LogP contribution is 2.12. The Balaban J connectivity index is 1.59. The number of pyridine rings is 2. The van der Waals surface area contributed by atoms with Gasteiger partial charge in [-0.2, -0.15) is 0 Å². The molecule has 0 saturated carbocycles. The number of halogens is 1. The number of carbonyl (C=O) groups excluding carboxylic acids is 1. The van der Waals surface area contributed by atoms with Crippen LogP contribution in [0.4, 0.5) is 4.39 Å². The number of hydrogen-bond donors (Lipinski definition) is 2. The summed E-state index contributed by atoms with van der Waals surface area (Å²) < 4.78 is 16.2. The zero-order valence-corrected chi connectivity index (χ0v) is 18.7. The van der Waals surface area contributed by atoms with Crippen LogP contribution in [0.2, 0.25) is 0 Å². The number of aryl methyl sites for hydroxylation is 2. The third kappa shape index (κ3) is 4.46. The van der Waals surface area contributed by atoms with E-state index in [1.165, 1.54) is 22.6 Å². The van der Waals surface area contributed by atoms with Crippen molar-refractivity contribution < 1.29 is 9.18 Å². The molecule has 0 unspecified atom stereocenters. The summed E-state index contributed by atoms with van der Waals surface area (Å²) >= 11 is 0. The Morgan fingerprint density at radius 1 is 0.971 bits per heavy atom. The molecule has 0 aliphatic heterocycles. The molecule has 8 heteroatoms. The average molecular weight is 468 g/mol. The van der Waals surface area contributed by atoms with Gasteiger partial charge in [-0.15, -0.1) is 0 Å². The number of aromatic nitrogens is 3. The molecule has 7 nitrogen and oxygen atoms in total. The van der Waals surface area contributed by atoms with Crippen LogP contribution in [0.1, 0.15) is 21.5 Å². The minimum Gasteiger partial charge on any atom is -0.348 e. The number of hydrogen-bond acceptors (Lipinski definition) is 4. The van der Waals surface area contributed by atoms with Crippen LogP contribution in [0.3, 0.4) is 0 Å². The first-order valence-corrected chi connectivity index (χ1v) is 11.2. The Morgan fingerprint density at radius 3 is 2.49 bits per heavy atom. The molecule has 174 valence electrons. The maximum atomic E-state index is 13.3. The van der Waals surface area contributed by atoms with Crippen molar-refractivity contribution in [2.24, 2.45) is 0 Å². The molecule has 0 aliphatic rings. The monoisotopic (exact) mass is 467 g/mol. The Kier molecular flexibility index (Phi) is 5.93. The minimum absolute atomic E-state index is 0.0304. The van der Waals surface area contributed by atoms with Crippen molar-refractivity contribution in [3.63, 3.8) is 0 Å². The number of nitrogens with zero attached hydrogens (tertiary/aromatic N) is 3. The highest BCUT2D eigenvalue weighted by Gasteiger charge is 2.17. The lowest BCUT2D eigenvalue weighted by Crippen LogP contribution is -2.35. The largest absolute Gasteiger partial charge is 0.348 e. The minimum atomic E-state index is -0.493. The number of fused-ring (bicyclic) bond motifs is 2. The summed E-state index contributed by atoms with van der Waals surface area (Å²) in [6.07, 6.45) is 2.23. The van der Waals surface area contributed by atoms with Gasteiger partial charge in [0.2, 0.25) is 0 Å². The first kappa shape index (κ1) is 22.2. The van der Waals surface area contributed by atoms with E-state index in [4.69, 9.17) is 5.41 Å². The van der Waals surface area contributed by atoms with Gasteiger partial charge >= 0.3 is 0 Å².